The number of carboxylic acid groups (broad SMARTS) is 1. The number of carboxylic acids is 1. The fraction of sp³-hybridized carbons (Fsp3) is 0.833. The lowest BCUT2D eigenvalue weighted by atomic mass is 9.98. The molecule has 2 atom stereocenters. The molecule has 2 unspecified atom stereocenters. The van der Waals surface area contributed by atoms with Crippen LogP contribution >= 0.6 is 0 Å². The number of likely N-dealkylation sites (tertiary alicyclic amines) is 1. The topological polar surface area (TPSA) is 78.9 Å². The van der Waals surface area contributed by atoms with Gasteiger partial charge in [-0.25, -0.2) is 4.79 Å². The number of hydrogen-bond acceptors (Lipinski definition) is 3. The number of carbonyl (C=O) groups excluding carboxylic acids is 1. The first kappa shape index (κ1) is 13.1. The van der Waals surface area contributed by atoms with Crippen LogP contribution in [0.1, 0.15) is 26.2 Å². The van der Waals surface area contributed by atoms with Crippen molar-refractivity contribution in [1.29, 1.82) is 0 Å². The highest BCUT2D eigenvalue weighted by Gasteiger charge is 2.34. The van der Waals surface area contributed by atoms with Gasteiger partial charge in [-0.05, 0) is 26.2 Å². The Morgan fingerprint density at radius 2 is 2.28 bits per heavy atom. The molecular formula is C12H20N2O4. The zero-order valence-corrected chi connectivity index (χ0v) is 10.6. The van der Waals surface area contributed by atoms with Crippen LogP contribution in [0.5, 0.6) is 0 Å². The summed E-state index contributed by atoms with van der Waals surface area (Å²) in [7, 11) is 0. The summed E-state index contributed by atoms with van der Waals surface area (Å²) in [6.45, 7) is 4.07. The van der Waals surface area contributed by atoms with E-state index >= 15 is 0 Å². The first-order valence-electron chi connectivity index (χ1n) is 6.38. The number of nitrogens with zero attached hydrogens (tertiary/aromatic N) is 1. The SMILES string of the molecule is CC1(NC(=O)N2CCCC(C(=O)O)C2)CCOC1. The summed E-state index contributed by atoms with van der Waals surface area (Å²) in [6, 6.07) is -0.172. The number of aliphatic carboxylic acids is 1. The van der Waals surface area contributed by atoms with Crippen LogP contribution < -0.4 is 5.32 Å². The number of ether oxygens (including phenoxy) is 1. The van der Waals surface area contributed by atoms with E-state index in [1.807, 2.05) is 6.92 Å². The molecule has 6 nitrogen and oxygen atoms in total. The van der Waals surface area contributed by atoms with Gasteiger partial charge in [-0.1, -0.05) is 0 Å². The van der Waals surface area contributed by atoms with Crippen molar-refractivity contribution in [1.82, 2.24) is 10.2 Å². The Morgan fingerprint density at radius 3 is 2.89 bits per heavy atom. The summed E-state index contributed by atoms with van der Waals surface area (Å²) in [5.74, 6) is -1.25. The molecular weight excluding hydrogens is 236 g/mol. The van der Waals surface area contributed by atoms with Crippen LogP contribution in [-0.4, -0.2) is 53.8 Å². The number of piperidine rings is 1. The average molecular weight is 256 g/mol. The smallest absolute Gasteiger partial charge is 0.317 e. The summed E-state index contributed by atoms with van der Waals surface area (Å²) in [6.07, 6.45) is 2.20. The predicted molar refractivity (Wildman–Crippen MR) is 64.3 cm³/mol. The summed E-state index contributed by atoms with van der Waals surface area (Å²) in [4.78, 5) is 24.6. The lowest BCUT2D eigenvalue weighted by Crippen LogP contribution is -2.54. The second-order valence-corrected chi connectivity index (χ2v) is 5.42. The number of hydrogen-bond donors (Lipinski definition) is 2. The van der Waals surface area contributed by atoms with Gasteiger partial charge in [-0.15, -0.1) is 0 Å². The van der Waals surface area contributed by atoms with Crippen molar-refractivity contribution in [2.75, 3.05) is 26.3 Å². The maximum Gasteiger partial charge on any atom is 0.317 e. The molecule has 2 rings (SSSR count). The second-order valence-electron chi connectivity index (χ2n) is 5.42. The maximum atomic E-state index is 12.1. The van der Waals surface area contributed by atoms with E-state index < -0.39 is 11.9 Å². The molecule has 2 aliphatic heterocycles. The van der Waals surface area contributed by atoms with E-state index in [0.717, 1.165) is 12.8 Å². The molecule has 2 fully saturated rings. The second kappa shape index (κ2) is 5.14. The Labute approximate surface area is 106 Å². The molecule has 0 aromatic rings. The van der Waals surface area contributed by atoms with Crippen LogP contribution in [0.15, 0.2) is 0 Å². The molecule has 0 saturated carbocycles. The lowest BCUT2D eigenvalue weighted by molar-refractivity contribution is -0.143. The van der Waals surface area contributed by atoms with Crippen molar-refractivity contribution in [3.63, 3.8) is 0 Å². The van der Waals surface area contributed by atoms with Crippen LogP contribution in [0.3, 0.4) is 0 Å². The van der Waals surface area contributed by atoms with Crippen LogP contribution in [0.2, 0.25) is 0 Å². The van der Waals surface area contributed by atoms with E-state index in [1.54, 1.807) is 4.90 Å². The van der Waals surface area contributed by atoms with Gasteiger partial charge in [0.15, 0.2) is 0 Å². The van der Waals surface area contributed by atoms with Crippen molar-refractivity contribution < 1.29 is 19.4 Å². The van der Waals surface area contributed by atoms with Crippen LogP contribution in [0.4, 0.5) is 4.79 Å². The minimum Gasteiger partial charge on any atom is -0.481 e. The zero-order valence-electron chi connectivity index (χ0n) is 10.6. The molecule has 2 amide bonds. The lowest BCUT2D eigenvalue weighted by Gasteiger charge is -2.34. The monoisotopic (exact) mass is 256 g/mol. The van der Waals surface area contributed by atoms with E-state index in [9.17, 15) is 9.59 Å². The van der Waals surface area contributed by atoms with Gasteiger partial charge in [-0.3, -0.25) is 4.79 Å². The summed E-state index contributed by atoms with van der Waals surface area (Å²) < 4.78 is 5.28. The summed E-state index contributed by atoms with van der Waals surface area (Å²) in [5.41, 5.74) is -0.312. The molecule has 6 heteroatoms. The predicted octanol–water partition coefficient (Wildman–Crippen LogP) is 0.672. The van der Waals surface area contributed by atoms with Gasteiger partial charge in [0.2, 0.25) is 0 Å². The van der Waals surface area contributed by atoms with E-state index in [4.69, 9.17) is 9.84 Å². The van der Waals surface area contributed by atoms with Gasteiger partial charge in [0.25, 0.3) is 0 Å². The molecule has 0 spiro atoms. The van der Waals surface area contributed by atoms with Crippen LogP contribution in [-0.2, 0) is 9.53 Å². The Hall–Kier alpha value is -1.30. The third kappa shape index (κ3) is 2.93. The largest absolute Gasteiger partial charge is 0.481 e. The third-order valence-electron chi connectivity index (χ3n) is 3.69. The number of amides is 2. The van der Waals surface area contributed by atoms with Gasteiger partial charge in [-0.2, -0.15) is 0 Å². The molecule has 102 valence electrons. The van der Waals surface area contributed by atoms with E-state index in [-0.39, 0.29) is 11.6 Å². The molecule has 2 aliphatic rings. The number of rotatable bonds is 2. The standard InChI is InChI=1S/C12H20N2O4/c1-12(4-6-18-8-12)13-11(17)14-5-2-3-9(7-14)10(15)16/h9H,2-8H2,1H3,(H,13,17)(H,15,16). The molecule has 18 heavy (non-hydrogen) atoms. The molecule has 0 radical (unpaired) electrons. The Bertz CT molecular complexity index is 339. The highest BCUT2D eigenvalue weighted by Crippen LogP contribution is 2.20. The minimum absolute atomic E-state index is 0.172. The fourth-order valence-corrected chi connectivity index (χ4v) is 2.47. The van der Waals surface area contributed by atoms with E-state index in [2.05, 4.69) is 5.32 Å². The number of urea groups is 1. The van der Waals surface area contributed by atoms with E-state index in [1.165, 1.54) is 0 Å². The van der Waals surface area contributed by atoms with Crippen LogP contribution in [0, 0.1) is 5.92 Å². The molecule has 0 aromatic heterocycles. The van der Waals surface area contributed by atoms with Gasteiger partial charge in [0.05, 0.1) is 18.1 Å². The number of carbonyl (C=O) groups is 2. The average Bonchev–Trinajstić information content (AvgIpc) is 2.76. The molecule has 2 heterocycles. The quantitative estimate of drug-likeness (QED) is 0.761. The molecule has 2 N–H and O–H groups in total. The van der Waals surface area contributed by atoms with Crippen molar-refractivity contribution in [2.24, 2.45) is 5.92 Å². The first-order valence-corrected chi connectivity index (χ1v) is 6.38. The normalized spacial score (nSPS) is 32.3. The van der Waals surface area contributed by atoms with Crippen LogP contribution in [0.25, 0.3) is 0 Å². The third-order valence-corrected chi connectivity index (χ3v) is 3.69. The fourth-order valence-electron chi connectivity index (χ4n) is 2.47. The van der Waals surface area contributed by atoms with Gasteiger partial charge in [0, 0.05) is 19.7 Å². The van der Waals surface area contributed by atoms with Gasteiger partial charge in [0.1, 0.15) is 0 Å². The van der Waals surface area contributed by atoms with Crippen molar-refractivity contribution >= 4 is 12.0 Å². The zero-order chi connectivity index (χ0) is 13.2. The highest BCUT2D eigenvalue weighted by molar-refractivity contribution is 5.77. The summed E-state index contributed by atoms with van der Waals surface area (Å²) in [5, 5.41) is 11.9. The van der Waals surface area contributed by atoms with E-state index in [0.29, 0.717) is 32.7 Å². The Morgan fingerprint density at radius 1 is 1.50 bits per heavy atom. The van der Waals surface area contributed by atoms with Crippen molar-refractivity contribution in [2.45, 2.75) is 31.7 Å². The molecule has 2 saturated heterocycles. The highest BCUT2D eigenvalue weighted by atomic mass is 16.5. The van der Waals surface area contributed by atoms with Gasteiger partial charge < -0.3 is 20.1 Å². The molecule has 0 aliphatic carbocycles. The van der Waals surface area contributed by atoms with Crippen molar-refractivity contribution in [3.05, 3.63) is 0 Å². The number of nitrogens with one attached hydrogen (secondary N) is 1. The Balaban J connectivity index is 1.90. The van der Waals surface area contributed by atoms with Gasteiger partial charge >= 0.3 is 12.0 Å². The first-order chi connectivity index (χ1) is 8.50. The maximum absolute atomic E-state index is 12.1. The minimum atomic E-state index is -0.817. The summed E-state index contributed by atoms with van der Waals surface area (Å²) >= 11 is 0. The molecule has 0 aromatic carbocycles. The molecule has 0 bridgehead atoms. The van der Waals surface area contributed by atoms with Crippen molar-refractivity contribution in [3.8, 4) is 0 Å². The Kier molecular flexibility index (Phi) is 3.75.